The van der Waals surface area contributed by atoms with E-state index in [1.807, 2.05) is 6.92 Å². The van der Waals surface area contributed by atoms with Crippen LogP contribution in [0.4, 0.5) is 5.82 Å². The second-order valence-corrected chi connectivity index (χ2v) is 5.16. The lowest BCUT2D eigenvalue weighted by Crippen LogP contribution is -2.35. The number of hydrogen-bond donors (Lipinski definition) is 2. The summed E-state index contributed by atoms with van der Waals surface area (Å²) in [7, 11) is 0. The lowest BCUT2D eigenvalue weighted by Gasteiger charge is -2.08. The lowest BCUT2D eigenvalue weighted by atomic mass is 10.0. The maximum Gasteiger partial charge on any atom is 0.242 e. The summed E-state index contributed by atoms with van der Waals surface area (Å²) in [6.07, 6.45) is 4.26. The van der Waals surface area contributed by atoms with Crippen LogP contribution in [0.25, 0.3) is 0 Å². The largest absolute Gasteiger partial charge is 0.359 e. The van der Waals surface area contributed by atoms with Crippen molar-refractivity contribution >= 4 is 11.7 Å². The molecule has 17 heavy (non-hydrogen) atoms. The Labute approximate surface area is 99.9 Å². The van der Waals surface area contributed by atoms with Crippen molar-refractivity contribution in [1.82, 2.24) is 10.5 Å². The fraction of sp³-hybridized carbons (Fsp3) is 0.667. The molecule has 1 atom stereocenters. The van der Waals surface area contributed by atoms with Crippen molar-refractivity contribution in [1.29, 1.82) is 0 Å². The molecule has 1 saturated heterocycles. The van der Waals surface area contributed by atoms with Gasteiger partial charge in [0.15, 0.2) is 5.82 Å². The molecule has 2 N–H and O–H groups in total. The normalized spacial score (nSPS) is 25.1. The molecule has 3 rings (SSSR count). The van der Waals surface area contributed by atoms with Crippen LogP contribution in [0.15, 0.2) is 10.6 Å². The zero-order chi connectivity index (χ0) is 11.9. The van der Waals surface area contributed by atoms with E-state index in [4.69, 9.17) is 4.52 Å². The Morgan fingerprint density at radius 3 is 3.12 bits per heavy atom. The van der Waals surface area contributed by atoms with E-state index in [1.165, 1.54) is 12.8 Å². The van der Waals surface area contributed by atoms with Crippen molar-refractivity contribution in [3.8, 4) is 0 Å². The van der Waals surface area contributed by atoms with E-state index in [0.29, 0.717) is 11.2 Å². The molecule has 5 nitrogen and oxygen atoms in total. The maximum atomic E-state index is 12.0. The van der Waals surface area contributed by atoms with Gasteiger partial charge in [-0.1, -0.05) is 12.1 Å². The van der Waals surface area contributed by atoms with E-state index >= 15 is 0 Å². The summed E-state index contributed by atoms with van der Waals surface area (Å²) in [6, 6.07) is 1.71. The number of anilines is 1. The molecule has 1 spiro atoms. The molecule has 1 saturated carbocycles. The van der Waals surface area contributed by atoms with Crippen molar-refractivity contribution in [3.63, 3.8) is 0 Å². The molecule has 0 aromatic carbocycles. The first-order valence-electron chi connectivity index (χ1n) is 6.21. The molecule has 2 fully saturated rings. The number of rotatable bonds is 3. The molecule has 1 aromatic heterocycles. The van der Waals surface area contributed by atoms with Crippen molar-refractivity contribution in [2.45, 2.75) is 38.6 Å². The summed E-state index contributed by atoms with van der Waals surface area (Å²) >= 11 is 0. The summed E-state index contributed by atoms with van der Waals surface area (Å²) in [5.74, 6) is 1.31. The molecule has 0 bridgehead atoms. The predicted octanol–water partition coefficient (Wildman–Crippen LogP) is 1.32. The van der Waals surface area contributed by atoms with Gasteiger partial charge in [0.05, 0.1) is 6.04 Å². The first-order valence-corrected chi connectivity index (χ1v) is 6.21. The van der Waals surface area contributed by atoms with E-state index in [1.54, 1.807) is 6.07 Å². The zero-order valence-electron chi connectivity index (χ0n) is 9.95. The predicted molar refractivity (Wildman–Crippen MR) is 62.6 cm³/mol. The average Bonchev–Trinajstić information content (AvgIpc) is 2.76. The van der Waals surface area contributed by atoms with Crippen LogP contribution in [0.1, 0.15) is 31.9 Å². The Hall–Kier alpha value is -1.36. The standard InChI is InChI=1S/C12H17N3O2/c1-2-8-5-10(15-17-8)14-11(16)9-6-12(3-4-12)7-13-9/h5,9,13H,2-4,6-7H2,1H3,(H,14,15,16)/t9-/m0/s1. The van der Waals surface area contributed by atoms with Gasteiger partial charge in [0.2, 0.25) is 5.91 Å². The third-order valence-electron chi connectivity index (χ3n) is 3.79. The number of amides is 1. The van der Waals surface area contributed by atoms with Crippen molar-refractivity contribution in [2.75, 3.05) is 11.9 Å². The molecule has 0 unspecified atom stereocenters. The van der Waals surface area contributed by atoms with Crippen LogP contribution in [0.3, 0.4) is 0 Å². The molecule has 1 aliphatic carbocycles. The number of nitrogens with zero attached hydrogens (tertiary/aromatic N) is 1. The Balaban J connectivity index is 1.59. The van der Waals surface area contributed by atoms with Gasteiger partial charge in [-0.15, -0.1) is 0 Å². The highest BCUT2D eigenvalue weighted by molar-refractivity contribution is 5.94. The third kappa shape index (κ3) is 2.07. The Morgan fingerprint density at radius 2 is 2.53 bits per heavy atom. The van der Waals surface area contributed by atoms with Crippen molar-refractivity contribution in [3.05, 3.63) is 11.8 Å². The van der Waals surface area contributed by atoms with Crippen molar-refractivity contribution < 1.29 is 9.32 Å². The number of carbonyl (C=O) groups is 1. The van der Waals surface area contributed by atoms with Gasteiger partial charge in [0, 0.05) is 19.0 Å². The first-order chi connectivity index (χ1) is 8.21. The van der Waals surface area contributed by atoms with Gasteiger partial charge in [-0.2, -0.15) is 0 Å². The fourth-order valence-corrected chi connectivity index (χ4v) is 2.41. The second kappa shape index (κ2) is 3.84. The highest BCUT2D eigenvalue weighted by Gasteiger charge is 2.49. The summed E-state index contributed by atoms with van der Waals surface area (Å²) < 4.78 is 5.05. The van der Waals surface area contributed by atoms with Crippen LogP contribution in [-0.2, 0) is 11.2 Å². The van der Waals surface area contributed by atoms with Gasteiger partial charge in [-0.25, -0.2) is 0 Å². The van der Waals surface area contributed by atoms with E-state index in [9.17, 15) is 4.79 Å². The Kier molecular flexibility index (Phi) is 2.43. The highest BCUT2D eigenvalue weighted by Crippen LogP contribution is 2.51. The van der Waals surface area contributed by atoms with Crippen LogP contribution in [0, 0.1) is 5.41 Å². The Bertz CT molecular complexity index is 437. The molecule has 1 amide bonds. The summed E-state index contributed by atoms with van der Waals surface area (Å²) in [5.41, 5.74) is 0.431. The molecule has 1 aromatic rings. The maximum absolute atomic E-state index is 12.0. The SMILES string of the molecule is CCc1cc(NC(=O)[C@@H]2CC3(CC3)CN2)no1. The molecular weight excluding hydrogens is 218 g/mol. The minimum Gasteiger partial charge on any atom is -0.359 e. The van der Waals surface area contributed by atoms with E-state index in [0.717, 1.165) is 25.1 Å². The molecule has 1 aliphatic heterocycles. The van der Waals surface area contributed by atoms with Crippen molar-refractivity contribution in [2.24, 2.45) is 5.41 Å². The van der Waals surface area contributed by atoms with Gasteiger partial charge in [0.25, 0.3) is 0 Å². The monoisotopic (exact) mass is 235 g/mol. The molecular formula is C12H17N3O2. The number of aromatic nitrogens is 1. The highest BCUT2D eigenvalue weighted by atomic mass is 16.5. The molecule has 0 radical (unpaired) electrons. The van der Waals surface area contributed by atoms with Crippen LogP contribution in [0.5, 0.6) is 0 Å². The van der Waals surface area contributed by atoms with Crippen LogP contribution >= 0.6 is 0 Å². The van der Waals surface area contributed by atoms with Gasteiger partial charge in [-0.3, -0.25) is 4.79 Å². The smallest absolute Gasteiger partial charge is 0.242 e. The summed E-state index contributed by atoms with van der Waals surface area (Å²) in [5, 5.41) is 9.89. The topological polar surface area (TPSA) is 67.2 Å². The summed E-state index contributed by atoms with van der Waals surface area (Å²) in [4.78, 5) is 12.0. The second-order valence-electron chi connectivity index (χ2n) is 5.16. The quantitative estimate of drug-likeness (QED) is 0.829. The molecule has 2 aliphatic rings. The fourth-order valence-electron chi connectivity index (χ4n) is 2.41. The van der Waals surface area contributed by atoms with Gasteiger partial charge < -0.3 is 15.2 Å². The van der Waals surface area contributed by atoms with E-state index in [-0.39, 0.29) is 11.9 Å². The van der Waals surface area contributed by atoms with E-state index in [2.05, 4.69) is 15.8 Å². The van der Waals surface area contributed by atoms with Crippen LogP contribution < -0.4 is 10.6 Å². The minimum atomic E-state index is -0.0701. The van der Waals surface area contributed by atoms with Gasteiger partial charge in [0.1, 0.15) is 5.76 Å². The molecule has 92 valence electrons. The Morgan fingerprint density at radius 1 is 1.71 bits per heavy atom. The van der Waals surface area contributed by atoms with Gasteiger partial charge in [-0.05, 0) is 24.7 Å². The number of hydrogen-bond acceptors (Lipinski definition) is 4. The van der Waals surface area contributed by atoms with E-state index < -0.39 is 0 Å². The van der Waals surface area contributed by atoms with Crippen LogP contribution in [0.2, 0.25) is 0 Å². The number of nitrogens with one attached hydrogen (secondary N) is 2. The summed E-state index contributed by atoms with van der Waals surface area (Å²) in [6.45, 7) is 2.96. The average molecular weight is 235 g/mol. The number of carbonyl (C=O) groups excluding carboxylic acids is 1. The minimum absolute atomic E-state index is 0.00438. The first kappa shape index (κ1) is 10.8. The lowest BCUT2D eigenvalue weighted by molar-refractivity contribution is -0.117. The molecule has 2 heterocycles. The third-order valence-corrected chi connectivity index (χ3v) is 3.79. The van der Waals surface area contributed by atoms with Gasteiger partial charge >= 0.3 is 0 Å². The number of aryl methyl sites for hydroxylation is 1. The van der Waals surface area contributed by atoms with Crippen LogP contribution in [-0.4, -0.2) is 23.7 Å². The molecule has 5 heteroatoms. The zero-order valence-corrected chi connectivity index (χ0v) is 9.95.